The summed E-state index contributed by atoms with van der Waals surface area (Å²) in [5.41, 5.74) is 2.24. The van der Waals surface area contributed by atoms with Crippen LogP contribution in [0.3, 0.4) is 0 Å². The first-order valence-electron chi connectivity index (χ1n) is 8.01. The Morgan fingerprint density at radius 1 is 1.22 bits per heavy atom. The lowest BCUT2D eigenvalue weighted by atomic mass is 10.1. The minimum absolute atomic E-state index is 0.0130. The number of hydrogen-bond acceptors (Lipinski definition) is 7. The minimum atomic E-state index is -0.507. The SMILES string of the molecule is Cc1cc(C)c(NC(=O)CSc2nnc(-c3ccccc3)o2)c([N+](=O)[O-])c1. The Kier molecular flexibility index (Phi) is 5.51. The Bertz CT molecular complexity index is 988. The molecule has 9 heteroatoms. The topological polar surface area (TPSA) is 111 Å². The number of nitrogens with one attached hydrogen (secondary N) is 1. The van der Waals surface area contributed by atoms with E-state index in [0.29, 0.717) is 11.5 Å². The summed E-state index contributed by atoms with van der Waals surface area (Å²) in [7, 11) is 0. The Morgan fingerprint density at radius 2 is 1.96 bits per heavy atom. The molecule has 3 rings (SSSR count). The molecule has 0 aliphatic carbocycles. The van der Waals surface area contributed by atoms with Gasteiger partial charge >= 0.3 is 0 Å². The van der Waals surface area contributed by atoms with Crippen LogP contribution < -0.4 is 5.32 Å². The first kappa shape index (κ1) is 18.6. The second kappa shape index (κ2) is 8.00. The number of rotatable bonds is 6. The zero-order valence-corrected chi connectivity index (χ0v) is 15.4. The van der Waals surface area contributed by atoms with E-state index in [-0.39, 0.29) is 22.4 Å². The summed E-state index contributed by atoms with van der Waals surface area (Å²) in [5.74, 6) is -0.0426. The second-order valence-corrected chi connectivity index (χ2v) is 6.74. The zero-order chi connectivity index (χ0) is 19.4. The van der Waals surface area contributed by atoms with Gasteiger partial charge in [-0.3, -0.25) is 14.9 Å². The molecule has 8 nitrogen and oxygen atoms in total. The molecule has 0 atom stereocenters. The number of amides is 1. The molecule has 0 fully saturated rings. The van der Waals surface area contributed by atoms with Gasteiger partial charge in [0.1, 0.15) is 5.69 Å². The van der Waals surface area contributed by atoms with Gasteiger partial charge < -0.3 is 9.73 Å². The molecule has 1 heterocycles. The van der Waals surface area contributed by atoms with Crippen molar-refractivity contribution in [2.24, 2.45) is 0 Å². The van der Waals surface area contributed by atoms with Crippen molar-refractivity contribution in [3.05, 3.63) is 63.7 Å². The molecule has 3 aromatic rings. The monoisotopic (exact) mass is 384 g/mol. The van der Waals surface area contributed by atoms with E-state index >= 15 is 0 Å². The van der Waals surface area contributed by atoms with Crippen LogP contribution in [0.4, 0.5) is 11.4 Å². The van der Waals surface area contributed by atoms with Crippen molar-refractivity contribution < 1.29 is 14.1 Å². The van der Waals surface area contributed by atoms with Gasteiger partial charge in [-0.2, -0.15) is 0 Å². The highest BCUT2D eigenvalue weighted by Crippen LogP contribution is 2.30. The van der Waals surface area contributed by atoms with Crippen molar-refractivity contribution in [2.75, 3.05) is 11.1 Å². The summed E-state index contributed by atoms with van der Waals surface area (Å²) in [6, 6.07) is 12.5. The van der Waals surface area contributed by atoms with Crippen LogP contribution in [0, 0.1) is 24.0 Å². The normalized spacial score (nSPS) is 10.6. The standard InChI is InChI=1S/C18H16N4O4S/c1-11-8-12(2)16(14(9-11)22(24)25)19-15(23)10-27-18-21-20-17(26-18)13-6-4-3-5-7-13/h3-9H,10H2,1-2H3,(H,19,23). The zero-order valence-electron chi connectivity index (χ0n) is 14.6. The molecule has 27 heavy (non-hydrogen) atoms. The maximum absolute atomic E-state index is 12.2. The van der Waals surface area contributed by atoms with E-state index in [0.717, 1.165) is 22.9 Å². The number of aromatic nitrogens is 2. The van der Waals surface area contributed by atoms with E-state index < -0.39 is 10.8 Å². The van der Waals surface area contributed by atoms with Gasteiger partial charge in [0.05, 0.1) is 10.7 Å². The number of aryl methyl sites for hydroxylation is 2. The number of nitro groups is 1. The Balaban J connectivity index is 1.66. The van der Waals surface area contributed by atoms with Crippen LogP contribution in [0.5, 0.6) is 0 Å². The fourth-order valence-electron chi connectivity index (χ4n) is 2.52. The van der Waals surface area contributed by atoms with Crippen molar-refractivity contribution in [1.82, 2.24) is 10.2 Å². The molecule has 0 spiro atoms. The van der Waals surface area contributed by atoms with Gasteiger partial charge in [-0.15, -0.1) is 10.2 Å². The van der Waals surface area contributed by atoms with Crippen molar-refractivity contribution in [1.29, 1.82) is 0 Å². The first-order valence-corrected chi connectivity index (χ1v) is 9.00. The Morgan fingerprint density at radius 3 is 2.67 bits per heavy atom. The molecular weight excluding hydrogens is 368 g/mol. The van der Waals surface area contributed by atoms with E-state index in [1.807, 2.05) is 30.3 Å². The van der Waals surface area contributed by atoms with Crippen LogP contribution >= 0.6 is 11.8 Å². The van der Waals surface area contributed by atoms with Crippen LogP contribution in [-0.2, 0) is 4.79 Å². The fourth-order valence-corrected chi connectivity index (χ4v) is 3.08. The smallest absolute Gasteiger partial charge is 0.293 e. The molecule has 1 N–H and O–H groups in total. The van der Waals surface area contributed by atoms with Gasteiger partial charge in [-0.05, 0) is 37.1 Å². The highest BCUT2D eigenvalue weighted by atomic mass is 32.2. The van der Waals surface area contributed by atoms with Crippen molar-refractivity contribution in [2.45, 2.75) is 19.1 Å². The maximum atomic E-state index is 12.2. The molecule has 2 aromatic carbocycles. The molecule has 0 radical (unpaired) electrons. The molecule has 0 aliphatic heterocycles. The van der Waals surface area contributed by atoms with Crippen LogP contribution in [0.2, 0.25) is 0 Å². The molecule has 0 saturated carbocycles. The quantitative estimate of drug-likeness (QED) is 0.388. The third kappa shape index (κ3) is 4.50. The lowest BCUT2D eigenvalue weighted by Gasteiger charge is -2.09. The number of hydrogen-bond donors (Lipinski definition) is 1. The highest BCUT2D eigenvalue weighted by Gasteiger charge is 2.19. The number of carbonyl (C=O) groups excluding carboxylic acids is 1. The van der Waals surface area contributed by atoms with Crippen molar-refractivity contribution in [3.63, 3.8) is 0 Å². The van der Waals surface area contributed by atoms with Gasteiger partial charge in [0.2, 0.25) is 11.8 Å². The average Bonchev–Trinajstić information content (AvgIpc) is 3.11. The van der Waals surface area contributed by atoms with Gasteiger partial charge in [0, 0.05) is 11.6 Å². The lowest BCUT2D eigenvalue weighted by Crippen LogP contribution is -2.16. The van der Waals surface area contributed by atoms with Crippen LogP contribution in [0.15, 0.2) is 52.1 Å². The lowest BCUT2D eigenvalue weighted by molar-refractivity contribution is -0.384. The number of nitrogens with zero attached hydrogens (tertiary/aromatic N) is 3. The van der Waals surface area contributed by atoms with E-state index in [1.165, 1.54) is 6.07 Å². The predicted octanol–water partition coefficient (Wildman–Crippen LogP) is 3.99. The minimum Gasteiger partial charge on any atom is -0.411 e. The fraction of sp³-hybridized carbons (Fsp3) is 0.167. The van der Waals surface area contributed by atoms with Crippen LogP contribution in [0.1, 0.15) is 11.1 Å². The number of anilines is 1. The summed E-state index contributed by atoms with van der Waals surface area (Å²) in [5, 5.41) is 21.9. The van der Waals surface area contributed by atoms with Gasteiger partial charge in [0.25, 0.3) is 10.9 Å². The van der Waals surface area contributed by atoms with E-state index in [4.69, 9.17) is 4.42 Å². The van der Waals surface area contributed by atoms with E-state index in [2.05, 4.69) is 15.5 Å². The summed E-state index contributed by atoms with van der Waals surface area (Å²) in [6.07, 6.45) is 0. The predicted molar refractivity (Wildman–Crippen MR) is 102 cm³/mol. The summed E-state index contributed by atoms with van der Waals surface area (Å²) < 4.78 is 5.52. The largest absolute Gasteiger partial charge is 0.411 e. The third-order valence-electron chi connectivity index (χ3n) is 3.67. The third-order valence-corrected chi connectivity index (χ3v) is 4.49. The molecule has 0 aliphatic rings. The number of benzene rings is 2. The molecular formula is C18H16N4O4S. The highest BCUT2D eigenvalue weighted by molar-refractivity contribution is 7.99. The molecule has 1 amide bonds. The van der Waals surface area contributed by atoms with E-state index in [1.54, 1.807) is 19.9 Å². The van der Waals surface area contributed by atoms with Gasteiger partial charge in [-0.1, -0.05) is 36.0 Å². The molecule has 0 unspecified atom stereocenters. The number of thioether (sulfide) groups is 1. The van der Waals surface area contributed by atoms with Crippen LogP contribution in [-0.4, -0.2) is 26.8 Å². The van der Waals surface area contributed by atoms with E-state index in [9.17, 15) is 14.9 Å². The molecule has 0 bridgehead atoms. The van der Waals surface area contributed by atoms with Crippen molar-refractivity contribution >= 4 is 29.0 Å². The Labute approximate surface area is 159 Å². The number of nitro benzene ring substituents is 1. The van der Waals surface area contributed by atoms with Gasteiger partial charge in [0.15, 0.2) is 0 Å². The first-order chi connectivity index (χ1) is 12.9. The summed E-state index contributed by atoms with van der Waals surface area (Å²) >= 11 is 1.06. The Hall–Kier alpha value is -3.20. The summed E-state index contributed by atoms with van der Waals surface area (Å²) in [6.45, 7) is 3.48. The molecule has 1 aromatic heterocycles. The number of carbonyl (C=O) groups is 1. The van der Waals surface area contributed by atoms with Crippen molar-refractivity contribution in [3.8, 4) is 11.5 Å². The van der Waals surface area contributed by atoms with Gasteiger partial charge in [-0.25, -0.2) is 0 Å². The summed E-state index contributed by atoms with van der Waals surface area (Å²) in [4.78, 5) is 23.0. The molecule has 0 saturated heterocycles. The second-order valence-electron chi connectivity index (χ2n) is 5.81. The average molecular weight is 384 g/mol. The molecule has 138 valence electrons. The van der Waals surface area contributed by atoms with Crippen LogP contribution in [0.25, 0.3) is 11.5 Å². The maximum Gasteiger partial charge on any atom is 0.293 e.